The van der Waals surface area contributed by atoms with Crippen molar-refractivity contribution in [1.29, 1.82) is 0 Å². The van der Waals surface area contributed by atoms with Gasteiger partial charge in [-0.3, -0.25) is 4.68 Å². The first-order valence-corrected chi connectivity index (χ1v) is 8.20. The van der Waals surface area contributed by atoms with Crippen molar-refractivity contribution in [3.8, 4) is 0 Å². The Balaban J connectivity index is 2.18. The van der Waals surface area contributed by atoms with E-state index in [0.717, 1.165) is 22.3 Å². The lowest BCUT2D eigenvalue weighted by molar-refractivity contribution is -0.117. The molecule has 2 unspecified atom stereocenters. The van der Waals surface area contributed by atoms with E-state index in [9.17, 15) is 5.11 Å². The van der Waals surface area contributed by atoms with E-state index in [1.54, 1.807) is 0 Å². The van der Waals surface area contributed by atoms with Gasteiger partial charge in [-0.15, -0.1) is 0 Å². The van der Waals surface area contributed by atoms with Crippen molar-refractivity contribution in [3.63, 3.8) is 0 Å². The van der Waals surface area contributed by atoms with Gasteiger partial charge in [0.1, 0.15) is 0 Å². The molecule has 0 aromatic carbocycles. The average Bonchev–Trinajstić information content (AvgIpc) is 2.66. The molecule has 5 heteroatoms. The largest absolute Gasteiger partial charge is 0.389 e. The molecule has 1 aromatic heterocycles. The quantitative estimate of drug-likeness (QED) is 0.913. The number of aromatic nitrogens is 2. The second kappa shape index (κ2) is 6.16. The highest BCUT2D eigenvalue weighted by Gasteiger charge is 2.37. The summed E-state index contributed by atoms with van der Waals surface area (Å²) >= 11 is 3.63. The fraction of sp³-hybridized carbons (Fsp3) is 0.800. The van der Waals surface area contributed by atoms with E-state index in [1.165, 1.54) is 0 Å². The average molecular weight is 345 g/mol. The Morgan fingerprint density at radius 1 is 1.55 bits per heavy atom. The van der Waals surface area contributed by atoms with Crippen LogP contribution in [0.15, 0.2) is 4.47 Å². The third-order valence-electron chi connectivity index (χ3n) is 4.22. The fourth-order valence-corrected chi connectivity index (χ4v) is 3.60. The number of aliphatic hydroxyl groups is 1. The molecule has 2 heterocycles. The van der Waals surface area contributed by atoms with Crippen molar-refractivity contribution >= 4 is 15.9 Å². The van der Waals surface area contributed by atoms with Gasteiger partial charge in [0.25, 0.3) is 0 Å². The Bertz CT molecular complexity index is 473. The van der Waals surface area contributed by atoms with Crippen molar-refractivity contribution in [1.82, 2.24) is 9.78 Å². The predicted molar refractivity (Wildman–Crippen MR) is 82.8 cm³/mol. The van der Waals surface area contributed by atoms with Gasteiger partial charge in [0.15, 0.2) is 0 Å². The second-order valence-corrected chi connectivity index (χ2v) is 6.99. The lowest BCUT2D eigenvalue weighted by atomic mass is 9.83. The molecule has 0 spiro atoms. The van der Waals surface area contributed by atoms with E-state index in [4.69, 9.17) is 4.74 Å². The Kier molecular flexibility index (Phi) is 4.92. The molecule has 1 saturated heterocycles. The highest BCUT2D eigenvalue weighted by molar-refractivity contribution is 9.10. The van der Waals surface area contributed by atoms with Gasteiger partial charge in [0, 0.05) is 26.5 Å². The minimum atomic E-state index is -0.686. The number of nitrogens with zero attached hydrogens (tertiary/aromatic N) is 2. The molecule has 2 atom stereocenters. The number of ether oxygens (including phenoxy) is 1. The molecule has 1 aliphatic heterocycles. The van der Waals surface area contributed by atoms with Gasteiger partial charge in [-0.1, -0.05) is 20.8 Å². The van der Waals surface area contributed by atoms with Gasteiger partial charge in [0.2, 0.25) is 0 Å². The van der Waals surface area contributed by atoms with E-state index in [2.05, 4.69) is 41.8 Å². The summed E-state index contributed by atoms with van der Waals surface area (Å²) in [5.74, 6) is 0.433. The number of hydrogen-bond acceptors (Lipinski definition) is 3. The van der Waals surface area contributed by atoms with Crippen LogP contribution in [0.5, 0.6) is 0 Å². The summed E-state index contributed by atoms with van der Waals surface area (Å²) in [5.41, 5.74) is 1.45. The van der Waals surface area contributed by atoms with Crippen LogP contribution >= 0.6 is 15.9 Å². The van der Waals surface area contributed by atoms with Gasteiger partial charge in [0.05, 0.1) is 27.6 Å². The van der Waals surface area contributed by atoms with Crippen LogP contribution in [-0.2, 0) is 24.6 Å². The highest BCUT2D eigenvalue weighted by Crippen LogP contribution is 2.34. The summed E-state index contributed by atoms with van der Waals surface area (Å²) < 4.78 is 8.70. The fourth-order valence-electron chi connectivity index (χ4n) is 2.85. The highest BCUT2D eigenvalue weighted by atomic mass is 79.9. The van der Waals surface area contributed by atoms with E-state index in [1.807, 2.05) is 11.7 Å². The lowest BCUT2D eigenvalue weighted by Crippen LogP contribution is -2.44. The number of hydrogen-bond donors (Lipinski definition) is 1. The van der Waals surface area contributed by atoms with Gasteiger partial charge >= 0.3 is 0 Å². The second-order valence-electron chi connectivity index (χ2n) is 6.19. The van der Waals surface area contributed by atoms with Crippen molar-refractivity contribution in [2.24, 2.45) is 13.0 Å². The van der Waals surface area contributed by atoms with Crippen molar-refractivity contribution in [3.05, 3.63) is 15.9 Å². The minimum absolute atomic E-state index is 0.145. The molecule has 0 saturated carbocycles. The van der Waals surface area contributed by atoms with Crippen LogP contribution in [0.2, 0.25) is 0 Å². The van der Waals surface area contributed by atoms with Crippen LogP contribution < -0.4 is 0 Å². The third kappa shape index (κ3) is 3.26. The van der Waals surface area contributed by atoms with E-state index in [0.29, 0.717) is 31.8 Å². The van der Waals surface area contributed by atoms with Crippen LogP contribution in [0, 0.1) is 5.92 Å². The zero-order valence-corrected chi connectivity index (χ0v) is 14.4. The summed E-state index contributed by atoms with van der Waals surface area (Å²) in [5, 5.41) is 15.4. The summed E-state index contributed by atoms with van der Waals surface area (Å²) in [6, 6.07) is 0. The first kappa shape index (κ1) is 16.0. The molecule has 4 nitrogen and oxygen atoms in total. The number of halogens is 1. The molecule has 1 N–H and O–H groups in total. The molecule has 1 aliphatic rings. The van der Waals surface area contributed by atoms with Crippen molar-refractivity contribution in [2.45, 2.75) is 58.2 Å². The van der Waals surface area contributed by atoms with E-state index >= 15 is 0 Å². The van der Waals surface area contributed by atoms with Crippen molar-refractivity contribution in [2.75, 3.05) is 6.61 Å². The zero-order valence-electron chi connectivity index (χ0n) is 12.8. The Hall–Kier alpha value is -0.390. The maximum Gasteiger partial charge on any atom is 0.0766 e. The topological polar surface area (TPSA) is 47.3 Å². The Morgan fingerprint density at radius 2 is 2.25 bits per heavy atom. The summed E-state index contributed by atoms with van der Waals surface area (Å²) in [7, 11) is 1.95. The van der Waals surface area contributed by atoms with Crippen LogP contribution in [0.4, 0.5) is 0 Å². The molecular weight excluding hydrogens is 320 g/mol. The predicted octanol–water partition coefficient (Wildman–Crippen LogP) is 2.85. The van der Waals surface area contributed by atoms with E-state index in [-0.39, 0.29) is 6.10 Å². The van der Waals surface area contributed by atoms with E-state index < -0.39 is 5.60 Å². The summed E-state index contributed by atoms with van der Waals surface area (Å²) in [4.78, 5) is 0. The molecule has 1 fully saturated rings. The molecular formula is C15H25BrN2O2. The van der Waals surface area contributed by atoms with Crippen LogP contribution in [0.1, 0.15) is 45.0 Å². The molecule has 0 aliphatic carbocycles. The Morgan fingerprint density at radius 3 is 2.80 bits per heavy atom. The molecule has 0 amide bonds. The maximum atomic E-state index is 10.9. The molecule has 20 heavy (non-hydrogen) atoms. The molecule has 0 radical (unpaired) electrons. The summed E-state index contributed by atoms with van der Waals surface area (Å²) in [6.45, 7) is 7.02. The van der Waals surface area contributed by atoms with Crippen molar-refractivity contribution < 1.29 is 9.84 Å². The summed E-state index contributed by atoms with van der Waals surface area (Å²) in [6.07, 6.45) is 3.05. The Labute approximate surface area is 129 Å². The van der Waals surface area contributed by atoms with Gasteiger partial charge in [-0.05, 0) is 34.7 Å². The first-order chi connectivity index (χ1) is 9.36. The minimum Gasteiger partial charge on any atom is -0.389 e. The SMILES string of the molecule is CCc1nn(C)c(CC2(O)CCOC(C(C)C)C2)c1Br. The third-order valence-corrected chi connectivity index (χ3v) is 5.14. The standard InChI is InChI=1S/C15H25BrN2O2/c1-5-11-14(16)12(18(4)17-11)8-15(19)6-7-20-13(9-15)10(2)3/h10,13,19H,5-9H2,1-4H3. The zero-order chi connectivity index (χ0) is 14.9. The first-order valence-electron chi connectivity index (χ1n) is 7.40. The molecule has 114 valence electrons. The number of rotatable bonds is 4. The van der Waals surface area contributed by atoms with Gasteiger partial charge in [-0.25, -0.2) is 0 Å². The normalized spacial score (nSPS) is 27.2. The molecule has 2 rings (SSSR count). The van der Waals surface area contributed by atoms with Crippen LogP contribution in [0.25, 0.3) is 0 Å². The van der Waals surface area contributed by atoms with Crippen LogP contribution in [-0.4, -0.2) is 33.2 Å². The smallest absolute Gasteiger partial charge is 0.0766 e. The van der Waals surface area contributed by atoms with Gasteiger partial charge in [-0.2, -0.15) is 5.10 Å². The maximum absolute atomic E-state index is 10.9. The molecule has 1 aromatic rings. The monoisotopic (exact) mass is 344 g/mol. The van der Waals surface area contributed by atoms with Crippen LogP contribution in [0.3, 0.4) is 0 Å². The molecule has 0 bridgehead atoms. The number of aryl methyl sites for hydroxylation is 2. The lowest BCUT2D eigenvalue weighted by Gasteiger charge is -2.38. The van der Waals surface area contributed by atoms with Gasteiger partial charge < -0.3 is 9.84 Å².